The van der Waals surface area contributed by atoms with Crippen LogP contribution in [0.2, 0.25) is 0 Å². The summed E-state index contributed by atoms with van der Waals surface area (Å²) in [5, 5.41) is 21.3. The molecule has 0 bridgehead atoms. The Labute approximate surface area is 275 Å². The average Bonchev–Trinajstić information content (AvgIpc) is 3.13. The van der Waals surface area contributed by atoms with E-state index in [2.05, 4.69) is 59.2 Å². The van der Waals surface area contributed by atoms with E-state index in [-0.39, 0.29) is 0 Å². The van der Waals surface area contributed by atoms with E-state index in [1.807, 2.05) is 0 Å². The zero-order chi connectivity index (χ0) is 33.9. The van der Waals surface area contributed by atoms with Crippen molar-refractivity contribution in [3.63, 3.8) is 0 Å². The van der Waals surface area contributed by atoms with E-state index in [1.54, 1.807) is 94.1 Å². The van der Waals surface area contributed by atoms with Gasteiger partial charge in [0.2, 0.25) is 16.8 Å². The Hall–Kier alpha value is -5.34. The van der Waals surface area contributed by atoms with Crippen LogP contribution >= 0.6 is 0 Å². The van der Waals surface area contributed by atoms with Crippen LogP contribution < -0.4 is 14.2 Å². The molecular weight excluding hydrogens is 596 g/mol. The maximum absolute atomic E-state index is 10.7. The van der Waals surface area contributed by atoms with Gasteiger partial charge in [-0.3, -0.25) is 0 Å². The van der Waals surface area contributed by atoms with Crippen molar-refractivity contribution >= 4 is 0 Å². The van der Waals surface area contributed by atoms with E-state index in [0.29, 0.717) is 33.9 Å². The van der Waals surface area contributed by atoms with Crippen LogP contribution in [0.3, 0.4) is 0 Å². The van der Waals surface area contributed by atoms with Crippen molar-refractivity contribution in [2.24, 2.45) is 0 Å². The molecule has 0 fully saturated rings. The SMILES string of the molecule is COc1ccc(C2(OC)C#CC(O)C#CC(O)C#CC(OC)(c3ccc(OC)cc3)C#CC(OC)(c3ccc(OC)cc3)C#C2)cc1. The van der Waals surface area contributed by atoms with Crippen LogP contribution in [-0.2, 0) is 31.0 Å². The molecule has 1 aliphatic rings. The molecule has 4 rings (SSSR count). The second-order valence-electron chi connectivity index (χ2n) is 9.97. The van der Waals surface area contributed by atoms with Crippen molar-refractivity contribution in [3.8, 4) is 76.5 Å². The molecule has 4 unspecified atom stereocenters. The highest BCUT2D eigenvalue weighted by Crippen LogP contribution is 2.32. The van der Waals surface area contributed by atoms with E-state index in [1.165, 1.54) is 21.3 Å². The zero-order valence-corrected chi connectivity index (χ0v) is 26.9. The Bertz CT molecular complexity index is 1750. The number of aliphatic hydroxyl groups excluding tert-OH is 2. The lowest BCUT2D eigenvalue weighted by atomic mass is 9.88. The number of methoxy groups -OCH3 is 6. The van der Waals surface area contributed by atoms with Gasteiger partial charge in [-0.2, -0.15) is 0 Å². The van der Waals surface area contributed by atoms with Gasteiger partial charge < -0.3 is 38.6 Å². The van der Waals surface area contributed by atoms with E-state index >= 15 is 0 Å². The summed E-state index contributed by atoms with van der Waals surface area (Å²) in [6.07, 6.45) is -2.94. The first-order chi connectivity index (χ1) is 22.7. The molecule has 0 saturated heterocycles. The molecule has 0 spiro atoms. The van der Waals surface area contributed by atoms with E-state index in [0.717, 1.165) is 0 Å². The van der Waals surface area contributed by atoms with Gasteiger partial charge in [0.15, 0.2) is 12.2 Å². The van der Waals surface area contributed by atoms with Gasteiger partial charge in [0, 0.05) is 38.0 Å². The molecule has 3 aromatic carbocycles. The third kappa shape index (κ3) is 7.73. The molecule has 2 N–H and O–H groups in total. The molecule has 8 heteroatoms. The van der Waals surface area contributed by atoms with Crippen LogP contribution in [0, 0.1) is 59.2 Å². The van der Waals surface area contributed by atoms with Gasteiger partial charge in [0.1, 0.15) is 17.2 Å². The molecule has 1 aliphatic carbocycles. The summed E-state index contributed by atoms with van der Waals surface area (Å²) in [6, 6.07) is 21.1. The minimum atomic E-state index is -1.60. The maximum Gasteiger partial charge on any atom is 0.216 e. The molecule has 47 heavy (non-hydrogen) atoms. The topological polar surface area (TPSA) is 95.8 Å². The third-order valence-electron chi connectivity index (χ3n) is 7.36. The number of rotatable bonds is 9. The van der Waals surface area contributed by atoms with Gasteiger partial charge in [-0.05, 0) is 71.9 Å². The van der Waals surface area contributed by atoms with Gasteiger partial charge in [0.25, 0.3) is 0 Å². The molecule has 8 nitrogen and oxygen atoms in total. The second-order valence-corrected chi connectivity index (χ2v) is 9.97. The molecule has 0 saturated carbocycles. The monoisotopic (exact) mass is 630 g/mol. The number of hydrogen-bond acceptors (Lipinski definition) is 8. The molecule has 3 aromatic rings. The number of aliphatic hydroxyl groups is 2. The second kappa shape index (κ2) is 15.3. The standard InChI is InChI=1S/C39H34O8/c1-42-34-15-7-29(8-16-34)37(45-4)23-21-32(40)13-14-33(41)22-24-38(46-5,30-9-17-35(43-2)18-10-30)26-28-39(47-6,27-25-37)31-11-19-36(44-3)20-12-31/h7-12,15-20,32-33,40-41H,1-6H3. The van der Waals surface area contributed by atoms with Crippen molar-refractivity contribution in [1.82, 2.24) is 0 Å². The highest BCUT2D eigenvalue weighted by Gasteiger charge is 2.35. The van der Waals surface area contributed by atoms with Crippen LogP contribution in [0.1, 0.15) is 16.7 Å². The molecular formula is C39H34O8. The first-order valence-electron chi connectivity index (χ1n) is 14.3. The van der Waals surface area contributed by atoms with Crippen molar-refractivity contribution in [3.05, 3.63) is 89.5 Å². The summed E-state index contributed by atoms with van der Waals surface area (Å²) in [7, 11) is 9.06. The molecule has 238 valence electrons. The lowest BCUT2D eigenvalue weighted by molar-refractivity contribution is 0.0759. The Morgan fingerprint density at radius 1 is 0.404 bits per heavy atom. The van der Waals surface area contributed by atoms with Crippen molar-refractivity contribution in [2.45, 2.75) is 29.0 Å². The summed E-state index contributed by atoms with van der Waals surface area (Å²) in [4.78, 5) is 0. The first-order valence-corrected chi connectivity index (χ1v) is 14.3. The van der Waals surface area contributed by atoms with Gasteiger partial charge >= 0.3 is 0 Å². The van der Waals surface area contributed by atoms with Crippen LogP contribution in [0.4, 0.5) is 0 Å². The fraction of sp³-hybridized carbons (Fsp3) is 0.282. The fourth-order valence-electron chi connectivity index (χ4n) is 4.59. The molecule has 0 radical (unpaired) electrons. The summed E-state index contributed by atoms with van der Waals surface area (Å²) < 4.78 is 34.1. The average molecular weight is 631 g/mol. The van der Waals surface area contributed by atoms with E-state index < -0.39 is 29.0 Å². The lowest BCUT2D eigenvalue weighted by Gasteiger charge is -2.27. The molecule has 4 atom stereocenters. The highest BCUT2D eigenvalue weighted by atomic mass is 16.5. The maximum atomic E-state index is 10.7. The highest BCUT2D eigenvalue weighted by molar-refractivity contribution is 5.53. The van der Waals surface area contributed by atoms with Gasteiger partial charge in [-0.1, -0.05) is 60.1 Å². The summed E-state index contributed by atoms with van der Waals surface area (Å²) in [5.41, 5.74) is -3.12. The number of hydrogen-bond donors (Lipinski definition) is 2. The molecule has 0 aliphatic heterocycles. The quantitative estimate of drug-likeness (QED) is 0.348. The van der Waals surface area contributed by atoms with E-state index in [9.17, 15) is 10.2 Å². The smallest absolute Gasteiger partial charge is 0.216 e. The van der Waals surface area contributed by atoms with Crippen molar-refractivity contribution in [1.29, 1.82) is 0 Å². The summed E-state index contributed by atoms with van der Waals surface area (Å²) in [5.74, 6) is 30.9. The Morgan fingerprint density at radius 2 is 0.660 bits per heavy atom. The molecule has 0 heterocycles. The minimum absolute atomic E-state index is 0.547. The van der Waals surface area contributed by atoms with Gasteiger partial charge in [0.05, 0.1) is 21.3 Å². The molecule has 0 amide bonds. The van der Waals surface area contributed by atoms with Gasteiger partial charge in [-0.25, -0.2) is 0 Å². The zero-order valence-electron chi connectivity index (χ0n) is 26.9. The molecule has 0 aromatic heterocycles. The predicted molar refractivity (Wildman–Crippen MR) is 176 cm³/mol. The Balaban J connectivity index is 2.10. The van der Waals surface area contributed by atoms with E-state index in [4.69, 9.17) is 28.4 Å². The van der Waals surface area contributed by atoms with Crippen LogP contribution in [0.25, 0.3) is 0 Å². The van der Waals surface area contributed by atoms with Crippen molar-refractivity contribution in [2.75, 3.05) is 42.7 Å². The fourth-order valence-corrected chi connectivity index (χ4v) is 4.59. The van der Waals surface area contributed by atoms with Crippen LogP contribution in [-0.4, -0.2) is 65.1 Å². The Kier molecular flexibility index (Phi) is 11.2. The van der Waals surface area contributed by atoms with Crippen molar-refractivity contribution < 1.29 is 38.6 Å². The normalized spacial score (nSPS) is 24.7. The third-order valence-corrected chi connectivity index (χ3v) is 7.36. The van der Waals surface area contributed by atoms with Crippen LogP contribution in [0.5, 0.6) is 17.2 Å². The van der Waals surface area contributed by atoms with Gasteiger partial charge in [-0.15, -0.1) is 0 Å². The summed E-state index contributed by atoms with van der Waals surface area (Å²) in [6.45, 7) is 0. The largest absolute Gasteiger partial charge is 0.497 e. The van der Waals surface area contributed by atoms with Crippen LogP contribution in [0.15, 0.2) is 72.8 Å². The predicted octanol–water partition coefficient (Wildman–Crippen LogP) is 3.39. The number of ether oxygens (including phenoxy) is 6. The number of benzene rings is 3. The first kappa shape index (κ1) is 34.5. The minimum Gasteiger partial charge on any atom is -0.497 e. The lowest BCUT2D eigenvalue weighted by Crippen LogP contribution is -2.31. The Morgan fingerprint density at radius 3 is 0.894 bits per heavy atom. The summed E-state index contributed by atoms with van der Waals surface area (Å²) >= 11 is 0.